The predicted molar refractivity (Wildman–Crippen MR) is 110 cm³/mol. The van der Waals surface area contributed by atoms with Crippen LogP contribution in [0.15, 0.2) is 51.7 Å². The molecule has 1 aromatic heterocycles. The minimum atomic E-state index is -0.447. The second-order valence-corrected chi connectivity index (χ2v) is 7.54. The smallest absolute Gasteiger partial charge is 0.360 e. The van der Waals surface area contributed by atoms with Crippen molar-refractivity contribution in [1.29, 1.82) is 0 Å². The molecule has 2 aromatic carbocycles. The lowest BCUT2D eigenvalue weighted by molar-refractivity contribution is -0.131. The maximum atomic E-state index is 12.9. The lowest BCUT2D eigenvalue weighted by Crippen LogP contribution is -2.32. The predicted octanol–water partition coefficient (Wildman–Crippen LogP) is 3.97. The van der Waals surface area contributed by atoms with E-state index in [0.717, 1.165) is 22.9 Å². The standard InChI is InChI=1S/C23H21NO6/c1-12(25)29-14-8-6-13(7-9-14)19-16-10-11-28-22(16)18-15-4-3-5-17(27-2)21(15)30-23(26)20(18)24-19/h3-9,16,19,22,24H,10-11H2,1-2H3/t16-,19-,22-/m0/s1. The maximum absolute atomic E-state index is 12.9. The summed E-state index contributed by atoms with van der Waals surface area (Å²) >= 11 is 0. The highest BCUT2D eigenvalue weighted by atomic mass is 16.5. The Balaban J connectivity index is 1.61. The second kappa shape index (κ2) is 7.18. The monoisotopic (exact) mass is 407 g/mol. The average Bonchev–Trinajstić information content (AvgIpc) is 3.23. The van der Waals surface area contributed by atoms with Gasteiger partial charge in [-0.15, -0.1) is 0 Å². The van der Waals surface area contributed by atoms with Crippen molar-refractivity contribution in [3.8, 4) is 11.5 Å². The van der Waals surface area contributed by atoms with Crippen LogP contribution in [0.5, 0.6) is 11.5 Å². The van der Waals surface area contributed by atoms with Crippen LogP contribution in [0.4, 0.5) is 5.69 Å². The van der Waals surface area contributed by atoms with Crippen molar-refractivity contribution >= 4 is 22.6 Å². The van der Waals surface area contributed by atoms with Crippen LogP contribution >= 0.6 is 0 Å². The number of rotatable bonds is 3. The van der Waals surface area contributed by atoms with Crippen LogP contribution in [0.3, 0.4) is 0 Å². The first-order valence-electron chi connectivity index (χ1n) is 9.87. The molecule has 2 aliphatic rings. The van der Waals surface area contributed by atoms with Crippen LogP contribution in [0.25, 0.3) is 11.0 Å². The van der Waals surface area contributed by atoms with E-state index in [1.54, 1.807) is 25.3 Å². The highest BCUT2D eigenvalue weighted by Gasteiger charge is 2.44. The van der Waals surface area contributed by atoms with Crippen molar-refractivity contribution in [2.45, 2.75) is 25.5 Å². The normalized spacial score (nSPS) is 22.1. The number of para-hydroxylation sites is 1. The van der Waals surface area contributed by atoms with E-state index in [2.05, 4.69) is 5.32 Å². The zero-order chi connectivity index (χ0) is 20.8. The van der Waals surface area contributed by atoms with Crippen LogP contribution in [0, 0.1) is 5.92 Å². The molecule has 3 heterocycles. The van der Waals surface area contributed by atoms with Crippen molar-refractivity contribution in [3.63, 3.8) is 0 Å². The molecule has 30 heavy (non-hydrogen) atoms. The summed E-state index contributed by atoms with van der Waals surface area (Å²) in [4.78, 5) is 24.1. The van der Waals surface area contributed by atoms with E-state index in [9.17, 15) is 9.59 Å². The summed E-state index contributed by atoms with van der Waals surface area (Å²) in [6.45, 7) is 1.98. The van der Waals surface area contributed by atoms with Gasteiger partial charge in [0.2, 0.25) is 0 Å². The SMILES string of the molecule is COc1cccc2c3c(c(=O)oc12)N[C@@H](c1ccc(OC(C)=O)cc1)[C@@H]1CCO[C@H]31. The van der Waals surface area contributed by atoms with Crippen LogP contribution in [-0.2, 0) is 9.53 Å². The fourth-order valence-electron chi connectivity index (χ4n) is 4.56. The third-order valence-corrected chi connectivity index (χ3v) is 5.81. The highest BCUT2D eigenvalue weighted by Crippen LogP contribution is 2.51. The summed E-state index contributed by atoms with van der Waals surface area (Å²) in [5, 5.41) is 4.22. The first-order chi connectivity index (χ1) is 14.6. The number of methoxy groups -OCH3 is 1. The molecule has 154 valence electrons. The van der Waals surface area contributed by atoms with E-state index in [1.165, 1.54) is 6.92 Å². The number of nitrogens with one attached hydrogen (secondary N) is 1. The van der Waals surface area contributed by atoms with Gasteiger partial charge in [-0.25, -0.2) is 4.79 Å². The van der Waals surface area contributed by atoms with Crippen LogP contribution in [0.1, 0.15) is 36.6 Å². The number of hydrogen-bond donors (Lipinski definition) is 1. The van der Waals surface area contributed by atoms with Crippen LogP contribution in [0.2, 0.25) is 0 Å². The van der Waals surface area contributed by atoms with Gasteiger partial charge in [-0.1, -0.05) is 24.3 Å². The first kappa shape index (κ1) is 18.7. The lowest BCUT2D eigenvalue weighted by atomic mass is 9.80. The Morgan fingerprint density at radius 2 is 1.97 bits per heavy atom. The highest BCUT2D eigenvalue weighted by molar-refractivity contribution is 5.90. The third-order valence-electron chi connectivity index (χ3n) is 5.81. The zero-order valence-corrected chi connectivity index (χ0v) is 16.6. The van der Waals surface area contributed by atoms with Gasteiger partial charge >= 0.3 is 11.6 Å². The van der Waals surface area contributed by atoms with Crippen molar-refractivity contribution in [2.75, 3.05) is 19.0 Å². The summed E-state index contributed by atoms with van der Waals surface area (Å²) < 4.78 is 22.3. The summed E-state index contributed by atoms with van der Waals surface area (Å²) in [6, 6.07) is 12.8. The molecule has 2 aliphatic heterocycles. The molecule has 1 N–H and O–H groups in total. The molecule has 3 aromatic rings. The van der Waals surface area contributed by atoms with Gasteiger partial charge in [-0.3, -0.25) is 4.79 Å². The largest absolute Gasteiger partial charge is 0.493 e. The molecule has 0 saturated carbocycles. The number of ether oxygens (including phenoxy) is 3. The topological polar surface area (TPSA) is 87.0 Å². The molecule has 1 saturated heterocycles. The Kier molecular flexibility index (Phi) is 4.47. The quantitative estimate of drug-likeness (QED) is 0.399. The summed E-state index contributed by atoms with van der Waals surface area (Å²) in [5.74, 6) is 0.786. The molecule has 0 aliphatic carbocycles. The Morgan fingerprint density at radius 1 is 1.17 bits per heavy atom. The van der Waals surface area contributed by atoms with Gasteiger partial charge < -0.3 is 23.9 Å². The van der Waals surface area contributed by atoms with E-state index < -0.39 is 5.63 Å². The van der Waals surface area contributed by atoms with Gasteiger partial charge in [0.25, 0.3) is 0 Å². The Bertz CT molecular complexity index is 1180. The second-order valence-electron chi connectivity index (χ2n) is 7.54. The van der Waals surface area contributed by atoms with E-state index in [1.807, 2.05) is 24.3 Å². The van der Waals surface area contributed by atoms with Gasteiger partial charge in [0, 0.05) is 30.4 Å². The minimum absolute atomic E-state index is 0.123. The first-order valence-corrected chi connectivity index (χ1v) is 9.87. The number of hydrogen-bond acceptors (Lipinski definition) is 7. The van der Waals surface area contributed by atoms with E-state index in [-0.39, 0.29) is 24.0 Å². The molecule has 7 nitrogen and oxygen atoms in total. The van der Waals surface area contributed by atoms with Crippen molar-refractivity contribution in [2.24, 2.45) is 5.92 Å². The Morgan fingerprint density at radius 3 is 2.70 bits per heavy atom. The zero-order valence-electron chi connectivity index (χ0n) is 16.6. The third kappa shape index (κ3) is 2.93. The number of benzene rings is 2. The lowest BCUT2D eigenvalue weighted by Gasteiger charge is -2.36. The summed E-state index contributed by atoms with van der Waals surface area (Å²) in [6.07, 6.45) is 0.636. The molecular weight excluding hydrogens is 386 g/mol. The van der Waals surface area contributed by atoms with Crippen LogP contribution < -0.4 is 20.4 Å². The molecule has 0 bridgehead atoms. The molecule has 0 radical (unpaired) electrons. The number of fused-ring (bicyclic) bond motifs is 5. The minimum Gasteiger partial charge on any atom is -0.493 e. The summed E-state index contributed by atoms with van der Waals surface area (Å²) in [7, 11) is 1.55. The van der Waals surface area contributed by atoms with E-state index in [4.69, 9.17) is 18.6 Å². The van der Waals surface area contributed by atoms with E-state index in [0.29, 0.717) is 29.4 Å². The average molecular weight is 407 g/mol. The molecule has 7 heteroatoms. The van der Waals surface area contributed by atoms with Gasteiger partial charge in [0.05, 0.1) is 19.3 Å². The van der Waals surface area contributed by atoms with Crippen molar-refractivity contribution < 1.29 is 23.4 Å². The maximum Gasteiger partial charge on any atom is 0.360 e. The molecule has 3 atom stereocenters. The van der Waals surface area contributed by atoms with Gasteiger partial charge in [0.1, 0.15) is 11.4 Å². The molecular formula is C23H21NO6. The molecule has 1 fully saturated rings. The molecule has 0 spiro atoms. The van der Waals surface area contributed by atoms with Gasteiger partial charge in [-0.2, -0.15) is 0 Å². The molecule has 0 unspecified atom stereocenters. The van der Waals surface area contributed by atoms with Crippen LogP contribution in [-0.4, -0.2) is 19.7 Å². The number of anilines is 1. The number of carbonyl (C=O) groups excluding carboxylic acids is 1. The number of esters is 1. The molecule has 5 rings (SSSR count). The van der Waals surface area contributed by atoms with Crippen molar-refractivity contribution in [1.82, 2.24) is 0 Å². The fraction of sp³-hybridized carbons (Fsp3) is 0.304. The van der Waals surface area contributed by atoms with Gasteiger partial charge in [0.15, 0.2) is 11.3 Å². The number of carbonyl (C=O) groups is 1. The molecule has 0 amide bonds. The van der Waals surface area contributed by atoms with Crippen molar-refractivity contribution in [3.05, 3.63) is 64.0 Å². The van der Waals surface area contributed by atoms with E-state index >= 15 is 0 Å². The Hall–Kier alpha value is -3.32. The van der Waals surface area contributed by atoms with Gasteiger partial charge in [-0.05, 0) is 30.2 Å². The Labute approximate surface area is 172 Å². The summed E-state index contributed by atoms with van der Waals surface area (Å²) in [5.41, 5.74) is 2.23. The fourth-order valence-corrected chi connectivity index (χ4v) is 4.56.